The molecule has 0 spiro atoms. The number of aromatic hydroxyl groups is 2. The molecule has 0 aliphatic heterocycles. The summed E-state index contributed by atoms with van der Waals surface area (Å²) in [7, 11) is 0. The van der Waals surface area contributed by atoms with E-state index in [1.165, 1.54) is 0 Å². The van der Waals surface area contributed by atoms with Gasteiger partial charge in [0.2, 0.25) is 0 Å². The third kappa shape index (κ3) is 2.53. The third-order valence-corrected chi connectivity index (χ3v) is 2.61. The highest BCUT2D eigenvalue weighted by Gasteiger charge is 2.24. The van der Waals surface area contributed by atoms with Crippen LogP contribution in [-0.2, 0) is 6.42 Å². The fraction of sp³-hybridized carbons (Fsp3) is 0.333. The summed E-state index contributed by atoms with van der Waals surface area (Å²) in [5.74, 6) is -4.24. The second-order valence-electron chi connectivity index (χ2n) is 3.86. The predicted octanol–water partition coefficient (Wildman–Crippen LogP) is 1.84. The molecule has 0 saturated carbocycles. The molecule has 0 unspecified atom stereocenters. The van der Waals surface area contributed by atoms with Gasteiger partial charge in [0.05, 0.1) is 5.56 Å². The lowest BCUT2D eigenvalue weighted by atomic mass is 9.96. The lowest BCUT2D eigenvalue weighted by Gasteiger charge is -2.12. The monoisotopic (exact) mass is 254 g/mol. The number of hydrogen-bond acceptors (Lipinski definition) is 4. The highest BCUT2D eigenvalue weighted by molar-refractivity contribution is 5.99. The fourth-order valence-corrected chi connectivity index (χ4v) is 1.70. The molecule has 0 aliphatic rings. The van der Waals surface area contributed by atoms with E-state index < -0.39 is 29.0 Å². The first-order valence-electron chi connectivity index (χ1n) is 5.44. The first kappa shape index (κ1) is 13.8. The van der Waals surface area contributed by atoms with Crippen LogP contribution in [0, 0.1) is 0 Å². The molecule has 6 nitrogen and oxygen atoms in total. The molecule has 0 heterocycles. The largest absolute Gasteiger partial charge is 0.507 e. The Bertz CT molecular complexity index is 492. The van der Waals surface area contributed by atoms with E-state index >= 15 is 0 Å². The number of carbonyl (C=O) groups is 2. The standard InChI is InChI=1S/C12H14O6/c1-2-3-4-6-7(11(15)16)5-8(13)9(10(6)14)12(17)18/h5,13-14H,2-4H2,1H3,(H,15,16)(H,17,18). The molecule has 0 amide bonds. The summed E-state index contributed by atoms with van der Waals surface area (Å²) in [4.78, 5) is 21.9. The van der Waals surface area contributed by atoms with E-state index in [4.69, 9.17) is 10.2 Å². The highest BCUT2D eigenvalue weighted by atomic mass is 16.4. The van der Waals surface area contributed by atoms with Crippen LogP contribution < -0.4 is 0 Å². The number of phenols is 2. The molecule has 0 saturated heterocycles. The molecule has 0 bridgehead atoms. The number of unbranched alkanes of at least 4 members (excludes halogenated alkanes) is 1. The van der Waals surface area contributed by atoms with Crippen molar-refractivity contribution in [1.82, 2.24) is 0 Å². The lowest BCUT2D eigenvalue weighted by molar-refractivity contribution is 0.0673. The molecule has 0 fully saturated rings. The quantitative estimate of drug-likeness (QED) is 0.637. The average Bonchev–Trinajstić information content (AvgIpc) is 2.26. The summed E-state index contributed by atoms with van der Waals surface area (Å²) >= 11 is 0. The van der Waals surface area contributed by atoms with Crippen molar-refractivity contribution >= 4 is 11.9 Å². The van der Waals surface area contributed by atoms with E-state index in [1.54, 1.807) is 0 Å². The number of carboxylic acid groups (broad SMARTS) is 2. The third-order valence-electron chi connectivity index (χ3n) is 2.61. The number of benzene rings is 1. The average molecular weight is 254 g/mol. The van der Waals surface area contributed by atoms with Crippen molar-refractivity contribution in [2.45, 2.75) is 26.2 Å². The Hall–Kier alpha value is -2.24. The van der Waals surface area contributed by atoms with Gasteiger partial charge in [-0.25, -0.2) is 9.59 Å². The summed E-state index contributed by atoms with van der Waals surface area (Å²) in [6, 6.07) is 0.858. The van der Waals surface area contributed by atoms with E-state index in [0.717, 1.165) is 12.5 Å². The number of hydrogen-bond donors (Lipinski definition) is 4. The van der Waals surface area contributed by atoms with Crippen molar-refractivity contribution in [2.75, 3.05) is 0 Å². The second-order valence-corrected chi connectivity index (χ2v) is 3.86. The molecule has 1 aromatic rings. The van der Waals surface area contributed by atoms with Gasteiger partial charge in [-0.05, 0) is 18.9 Å². The maximum absolute atomic E-state index is 11.0. The second kappa shape index (κ2) is 5.39. The normalized spacial score (nSPS) is 10.3. The van der Waals surface area contributed by atoms with Crippen LogP contribution in [0.5, 0.6) is 11.5 Å². The van der Waals surface area contributed by atoms with Gasteiger partial charge in [-0.15, -0.1) is 0 Å². The fourth-order valence-electron chi connectivity index (χ4n) is 1.70. The van der Waals surface area contributed by atoms with Crippen molar-refractivity contribution in [3.05, 3.63) is 22.8 Å². The molecule has 0 aliphatic carbocycles. The van der Waals surface area contributed by atoms with Gasteiger partial charge < -0.3 is 20.4 Å². The van der Waals surface area contributed by atoms with Crippen LogP contribution in [0.4, 0.5) is 0 Å². The van der Waals surface area contributed by atoms with Gasteiger partial charge in [-0.3, -0.25) is 0 Å². The van der Waals surface area contributed by atoms with E-state index in [0.29, 0.717) is 6.42 Å². The topological polar surface area (TPSA) is 115 Å². The molecule has 1 aromatic carbocycles. The Morgan fingerprint density at radius 1 is 1.17 bits per heavy atom. The minimum atomic E-state index is -1.50. The Kier molecular flexibility index (Phi) is 4.14. The zero-order chi connectivity index (χ0) is 13.9. The summed E-state index contributed by atoms with van der Waals surface area (Å²) < 4.78 is 0. The molecule has 0 radical (unpaired) electrons. The Morgan fingerprint density at radius 2 is 1.78 bits per heavy atom. The summed E-state index contributed by atoms with van der Waals surface area (Å²) in [5, 5.41) is 37.1. The van der Waals surface area contributed by atoms with Crippen LogP contribution in [0.3, 0.4) is 0 Å². The Balaban J connectivity index is 3.46. The van der Waals surface area contributed by atoms with Gasteiger partial charge in [0.1, 0.15) is 17.1 Å². The predicted molar refractivity (Wildman–Crippen MR) is 62.3 cm³/mol. The van der Waals surface area contributed by atoms with Crippen molar-refractivity contribution in [2.24, 2.45) is 0 Å². The van der Waals surface area contributed by atoms with Crippen molar-refractivity contribution < 1.29 is 30.0 Å². The van der Waals surface area contributed by atoms with E-state index in [2.05, 4.69) is 0 Å². The van der Waals surface area contributed by atoms with Crippen LogP contribution in [-0.4, -0.2) is 32.4 Å². The minimum absolute atomic E-state index is 0.0413. The smallest absolute Gasteiger partial charge is 0.343 e. The van der Waals surface area contributed by atoms with Crippen molar-refractivity contribution in [3.63, 3.8) is 0 Å². The molecule has 6 heteroatoms. The number of rotatable bonds is 5. The SMILES string of the molecule is CCCCc1c(C(=O)O)cc(O)c(C(=O)O)c1O. The summed E-state index contributed by atoms with van der Waals surface area (Å²) in [5.41, 5.74) is -0.894. The molecule has 0 aromatic heterocycles. The highest BCUT2D eigenvalue weighted by Crippen LogP contribution is 2.34. The molecule has 1 rings (SSSR count). The van der Waals surface area contributed by atoms with E-state index in [1.807, 2.05) is 6.92 Å². The van der Waals surface area contributed by atoms with E-state index in [9.17, 15) is 19.8 Å². The first-order valence-corrected chi connectivity index (χ1v) is 5.44. The minimum Gasteiger partial charge on any atom is -0.507 e. The van der Waals surface area contributed by atoms with Crippen LogP contribution in [0.2, 0.25) is 0 Å². The zero-order valence-corrected chi connectivity index (χ0v) is 9.80. The van der Waals surface area contributed by atoms with Gasteiger partial charge in [-0.2, -0.15) is 0 Å². The molecular weight excluding hydrogens is 240 g/mol. The number of aromatic carboxylic acids is 2. The van der Waals surface area contributed by atoms with Gasteiger partial charge in [-0.1, -0.05) is 13.3 Å². The molecule has 0 atom stereocenters. The number of carboxylic acids is 2. The first-order chi connectivity index (χ1) is 8.40. The van der Waals surface area contributed by atoms with Crippen molar-refractivity contribution in [1.29, 1.82) is 0 Å². The Morgan fingerprint density at radius 3 is 2.22 bits per heavy atom. The Labute approximate surface area is 103 Å². The van der Waals surface area contributed by atoms with Crippen molar-refractivity contribution in [3.8, 4) is 11.5 Å². The maximum Gasteiger partial charge on any atom is 0.343 e. The van der Waals surface area contributed by atoms with Crippen LogP contribution in [0.25, 0.3) is 0 Å². The van der Waals surface area contributed by atoms with Gasteiger partial charge >= 0.3 is 11.9 Å². The van der Waals surface area contributed by atoms with Crippen LogP contribution in [0.15, 0.2) is 6.07 Å². The van der Waals surface area contributed by atoms with Gasteiger partial charge in [0.25, 0.3) is 0 Å². The molecule has 4 N–H and O–H groups in total. The molecule has 98 valence electrons. The summed E-state index contributed by atoms with van der Waals surface area (Å²) in [6.45, 7) is 1.88. The van der Waals surface area contributed by atoms with Gasteiger partial charge in [0, 0.05) is 5.56 Å². The summed E-state index contributed by atoms with van der Waals surface area (Å²) in [6.07, 6.45) is 1.62. The van der Waals surface area contributed by atoms with Gasteiger partial charge in [0.15, 0.2) is 0 Å². The van der Waals surface area contributed by atoms with E-state index in [-0.39, 0.29) is 17.5 Å². The van der Waals surface area contributed by atoms with Crippen LogP contribution >= 0.6 is 0 Å². The zero-order valence-electron chi connectivity index (χ0n) is 9.80. The molecular formula is C12H14O6. The maximum atomic E-state index is 11.0. The van der Waals surface area contributed by atoms with Crippen LogP contribution in [0.1, 0.15) is 46.0 Å². The lowest BCUT2D eigenvalue weighted by Crippen LogP contribution is -2.07. The molecule has 18 heavy (non-hydrogen) atoms.